The first-order valence-corrected chi connectivity index (χ1v) is 16.6. The molecular weight excluding hydrogens is 606 g/mol. The molecule has 44 heavy (non-hydrogen) atoms. The zero-order chi connectivity index (χ0) is 31.3. The Bertz CT molecular complexity index is 1620. The van der Waals surface area contributed by atoms with Crippen LogP contribution in [0.5, 0.6) is 11.5 Å². The molecule has 4 atom stereocenters. The number of allylic oxidation sites excluding steroid dienone is 3. The number of nitrogens with zero attached hydrogens (tertiary/aromatic N) is 1. The van der Waals surface area contributed by atoms with E-state index in [1.165, 1.54) is 6.08 Å². The van der Waals surface area contributed by atoms with Crippen molar-refractivity contribution in [3.05, 3.63) is 82.4 Å². The first-order valence-electron chi connectivity index (χ1n) is 14.3. The minimum Gasteiger partial charge on any atom is -0.454 e. The highest BCUT2D eigenvalue weighted by Crippen LogP contribution is 2.40. The van der Waals surface area contributed by atoms with Gasteiger partial charge in [0.05, 0.1) is 24.8 Å². The lowest BCUT2D eigenvalue weighted by molar-refractivity contribution is -0.138. The second-order valence-corrected chi connectivity index (χ2v) is 13.2. The monoisotopic (exact) mass is 639 g/mol. The molecule has 0 bridgehead atoms. The predicted octanol–water partition coefficient (Wildman–Crippen LogP) is 4.13. The first kappa shape index (κ1) is 31.6. The number of halogens is 1. The highest BCUT2D eigenvalue weighted by molar-refractivity contribution is 7.88. The average Bonchev–Trinajstić information content (AvgIpc) is 3.45. The minimum absolute atomic E-state index is 0.0689. The van der Waals surface area contributed by atoms with E-state index >= 15 is 0 Å². The molecule has 0 saturated heterocycles. The van der Waals surface area contributed by atoms with Crippen LogP contribution < -0.4 is 19.7 Å². The van der Waals surface area contributed by atoms with Crippen LogP contribution in [0, 0.1) is 12.3 Å². The SMILES string of the molecule is C#C/C=C(Cl)\C=C/C[C@H]1[C@H](C(=O)NOCc2ccc3c(c2)OCO3)c2ccccc2C(=O)N1[C@H]1CCCC[C@@H]1NS(C)(=O)=O. The number of hydrogen-bond acceptors (Lipinski definition) is 7. The Labute approximate surface area is 262 Å². The van der Waals surface area contributed by atoms with E-state index < -0.39 is 40.0 Å². The summed E-state index contributed by atoms with van der Waals surface area (Å²) in [5.74, 6) is 2.07. The van der Waals surface area contributed by atoms with Gasteiger partial charge in [0.15, 0.2) is 11.5 Å². The van der Waals surface area contributed by atoms with Crippen LogP contribution >= 0.6 is 11.6 Å². The molecule has 0 aromatic heterocycles. The zero-order valence-corrected chi connectivity index (χ0v) is 25.8. The molecule has 1 aliphatic carbocycles. The highest BCUT2D eigenvalue weighted by Gasteiger charge is 2.47. The average molecular weight is 640 g/mol. The van der Waals surface area contributed by atoms with E-state index in [0.29, 0.717) is 40.5 Å². The molecule has 2 aliphatic heterocycles. The van der Waals surface area contributed by atoms with Gasteiger partial charge in [0.1, 0.15) is 0 Å². The lowest BCUT2D eigenvalue weighted by atomic mass is 9.78. The number of amides is 2. The summed E-state index contributed by atoms with van der Waals surface area (Å²) in [6, 6.07) is 10.7. The van der Waals surface area contributed by atoms with Crippen molar-refractivity contribution < 1.29 is 32.3 Å². The van der Waals surface area contributed by atoms with Gasteiger partial charge in [-0.15, -0.1) is 6.42 Å². The van der Waals surface area contributed by atoms with Gasteiger partial charge in [-0.25, -0.2) is 18.6 Å². The molecule has 0 radical (unpaired) electrons. The Morgan fingerprint density at radius 3 is 2.75 bits per heavy atom. The Hall–Kier alpha value is -3.82. The Morgan fingerprint density at radius 1 is 1.18 bits per heavy atom. The highest BCUT2D eigenvalue weighted by atomic mass is 35.5. The Kier molecular flexibility index (Phi) is 9.96. The summed E-state index contributed by atoms with van der Waals surface area (Å²) in [7, 11) is -3.56. The van der Waals surface area contributed by atoms with Crippen molar-refractivity contribution in [1.82, 2.24) is 15.1 Å². The number of fused-ring (bicyclic) bond motifs is 2. The summed E-state index contributed by atoms with van der Waals surface area (Å²) in [5, 5.41) is 0.323. The van der Waals surface area contributed by atoms with Crippen LogP contribution in [0.25, 0.3) is 0 Å². The normalized spacial score (nSPS) is 23.3. The van der Waals surface area contributed by atoms with E-state index in [-0.39, 0.29) is 25.7 Å². The molecule has 12 heteroatoms. The maximum atomic E-state index is 14.2. The van der Waals surface area contributed by atoms with E-state index in [4.69, 9.17) is 32.3 Å². The van der Waals surface area contributed by atoms with Crippen molar-refractivity contribution in [2.24, 2.45) is 0 Å². The zero-order valence-electron chi connectivity index (χ0n) is 24.2. The molecule has 2 amide bonds. The van der Waals surface area contributed by atoms with E-state index in [0.717, 1.165) is 24.7 Å². The van der Waals surface area contributed by atoms with Crippen molar-refractivity contribution in [1.29, 1.82) is 0 Å². The van der Waals surface area contributed by atoms with Crippen LogP contribution in [0.4, 0.5) is 0 Å². The molecule has 0 unspecified atom stereocenters. The largest absolute Gasteiger partial charge is 0.454 e. The van der Waals surface area contributed by atoms with Gasteiger partial charge in [0.2, 0.25) is 16.8 Å². The summed E-state index contributed by atoms with van der Waals surface area (Å²) in [4.78, 5) is 35.5. The lowest BCUT2D eigenvalue weighted by Gasteiger charge is -2.48. The number of hydroxylamine groups is 1. The van der Waals surface area contributed by atoms with Crippen LogP contribution in [0.2, 0.25) is 0 Å². The van der Waals surface area contributed by atoms with Gasteiger partial charge in [-0.1, -0.05) is 60.7 Å². The fourth-order valence-electron chi connectivity index (χ4n) is 6.17. The predicted molar refractivity (Wildman–Crippen MR) is 165 cm³/mol. The number of benzene rings is 2. The standard InChI is InChI=1S/C32H34ClN3O7S/c1-3-9-22(33)10-8-15-27-30(31(37)34-43-19-21-16-17-28-29(18-21)42-20-41-28)23-11-4-5-12-24(23)32(38)36(27)26-14-7-6-13-25(26)35-44(2,39)40/h1,4-5,8-12,16-18,25-27,30,35H,6-7,13-15,19-20H2,2H3,(H,34,37)/b10-8-,22-9+/t25-,26-,27-,30+/m0/s1. The maximum absolute atomic E-state index is 14.2. The van der Waals surface area contributed by atoms with E-state index in [1.807, 2.05) is 6.07 Å². The van der Waals surface area contributed by atoms with Crippen molar-refractivity contribution in [2.45, 2.75) is 62.8 Å². The van der Waals surface area contributed by atoms with E-state index in [1.54, 1.807) is 53.5 Å². The number of carbonyl (C=O) groups is 2. The number of terminal acetylenes is 1. The summed E-state index contributed by atoms with van der Waals surface area (Å²) in [5.41, 5.74) is 4.31. The number of carbonyl (C=O) groups excluding carboxylic acids is 2. The molecule has 2 aromatic rings. The van der Waals surface area contributed by atoms with Gasteiger partial charge in [-0.05, 0) is 54.7 Å². The van der Waals surface area contributed by atoms with Crippen molar-refractivity contribution >= 4 is 33.4 Å². The van der Waals surface area contributed by atoms with Crippen LogP contribution in [-0.2, 0) is 26.3 Å². The summed E-state index contributed by atoms with van der Waals surface area (Å²) in [6.45, 7) is 0.216. The quantitative estimate of drug-likeness (QED) is 0.228. The summed E-state index contributed by atoms with van der Waals surface area (Å²) < 4.78 is 38.1. The molecular formula is C32H34ClN3O7S. The van der Waals surface area contributed by atoms with Crippen LogP contribution in [0.3, 0.4) is 0 Å². The molecule has 1 fully saturated rings. The second kappa shape index (κ2) is 13.9. The molecule has 3 aliphatic rings. The second-order valence-electron chi connectivity index (χ2n) is 11.0. The van der Waals surface area contributed by atoms with Gasteiger partial charge in [0.25, 0.3) is 11.8 Å². The molecule has 10 nitrogen and oxygen atoms in total. The molecule has 2 heterocycles. The Balaban J connectivity index is 1.47. The number of hydrogen-bond donors (Lipinski definition) is 2. The van der Waals surface area contributed by atoms with E-state index in [9.17, 15) is 18.0 Å². The van der Waals surface area contributed by atoms with Gasteiger partial charge < -0.3 is 14.4 Å². The molecule has 0 spiro atoms. The topological polar surface area (TPSA) is 123 Å². The smallest absolute Gasteiger partial charge is 0.254 e. The third-order valence-electron chi connectivity index (χ3n) is 7.96. The maximum Gasteiger partial charge on any atom is 0.254 e. The minimum atomic E-state index is -3.56. The fourth-order valence-corrected chi connectivity index (χ4v) is 7.15. The molecule has 2 aromatic carbocycles. The molecule has 1 saturated carbocycles. The van der Waals surface area contributed by atoms with Gasteiger partial charge >= 0.3 is 0 Å². The van der Waals surface area contributed by atoms with Gasteiger partial charge in [0, 0.05) is 28.8 Å². The number of ether oxygens (including phenoxy) is 2. The van der Waals surface area contributed by atoms with Gasteiger partial charge in [-0.3, -0.25) is 14.4 Å². The lowest BCUT2D eigenvalue weighted by Crippen LogP contribution is -2.62. The van der Waals surface area contributed by atoms with Crippen molar-refractivity contribution in [3.8, 4) is 23.8 Å². The molecule has 2 N–H and O–H groups in total. The van der Waals surface area contributed by atoms with Crippen LogP contribution in [0.1, 0.15) is 59.5 Å². The van der Waals surface area contributed by atoms with Crippen molar-refractivity contribution in [3.63, 3.8) is 0 Å². The summed E-state index contributed by atoms with van der Waals surface area (Å²) in [6.07, 6.45) is 14.3. The van der Waals surface area contributed by atoms with Crippen molar-refractivity contribution in [2.75, 3.05) is 13.0 Å². The third kappa shape index (κ3) is 7.27. The Morgan fingerprint density at radius 2 is 1.95 bits per heavy atom. The molecule has 5 rings (SSSR count). The van der Waals surface area contributed by atoms with Crippen LogP contribution in [-0.4, -0.2) is 56.3 Å². The molecule has 232 valence electrons. The number of rotatable bonds is 10. The van der Waals surface area contributed by atoms with E-state index in [2.05, 4.69) is 16.1 Å². The summed E-state index contributed by atoms with van der Waals surface area (Å²) >= 11 is 6.21. The fraction of sp³-hybridized carbons (Fsp3) is 0.375. The van der Waals surface area contributed by atoms with Crippen LogP contribution in [0.15, 0.2) is 65.7 Å². The number of sulfonamides is 1. The number of nitrogens with one attached hydrogen (secondary N) is 2. The van der Waals surface area contributed by atoms with Gasteiger partial charge in [-0.2, -0.15) is 0 Å². The third-order valence-corrected chi connectivity index (χ3v) is 8.93. The first-order chi connectivity index (χ1) is 21.2.